The molecule has 10 heteroatoms. The second-order valence-electron chi connectivity index (χ2n) is 6.81. The van der Waals surface area contributed by atoms with Crippen molar-refractivity contribution in [3.63, 3.8) is 0 Å². The minimum atomic E-state index is -1.08. The fourth-order valence-electron chi connectivity index (χ4n) is 3.18. The Balaban J connectivity index is 1.34. The van der Waals surface area contributed by atoms with Gasteiger partial charge in [-0.3, -0.25) is 14.4 Å². The number of piperazine rings is 1. The number of carbonyl (C=O) groups is 3. The summed E-state index contributed by atoms with van der Waals surface area (Å²) < 4.78 is 31.5. The fourth-order valence-corrected chi connectivity index (χ4v) is 4.05. The van der Waals surface area contributed by atoms with Crippen LogP contribution in [-0.4, -0.2) is 53.7 Å². The zero-order valence-electron chi connectivity index (χ0n) is 16.1. The molecule has 1 fully saturated rings. The van der Waals surface area contributed by atoms with Gasteiger partial charge < -0.3 is 19.5 Å². The Labute approximate surface area is 179 Å². The molecule has 4 rings (SSSR count). The van der Waals surface area contributed by atoms with E-state index in [2.05, 4.69) is 5.32 Å². The van der Waals surface area contributed by atoms with Crippen molar-refractivity contribution in [3.05, 3.63) is 76.6 Å². The summed E-state index contributed by atoms with van der Waals surface area (Å²) in [5.74, 6) is -2.94. The predicted molar refractivity (Wildman–Crippen MR) is 109 cm³/mol. The first-order chi connectivity index (χ1) is 14.9. The maximum Gasteiger partial charge on any atom is 0.291 e. The van der Waals surface area contributed by atoms with Crippen molar-refractivity contribution in [2.75, 3.05) is 31.5 Å². The van der Waals surface area contributed by atoms with Crippen LogP contribution in [0.5, 0.6) is 0 Å². The van der Waals surface area contributed by atoms with Gasteiger partial charge in [-0.2, -0.15) is 0 Å². The maximum absolute atomic E-state index is 13.4. The van der Waals surface area contributed by atoms with Gasteiger partial charge in [-0.05, 0) is 42.5 Å². The lowest BCUT2D eigenvalue weighted by molar-refractivity contribution is 0.0538. The standard InChI is InChI=1S/C21H17F2N3O4S/c22-14-4-3-13(12-15(14)23)20(28)25-7-9-26(10-8-25)21(29)17-5-6-18(31-17)24-19(27)16-2-1-11-30-16/h1-6,11-12H,7-10H2,(H,24,27). The molecule has 0 bridgehead atoms. The van der Waals surface area contributed by atoms with Crippen LogP contribution in [0.2, 0.25) is 0 Å². The van der Waals surface area contributed by atoms with E-state index in [0.29, 0.717) is 23.0 Å². The van der Waals surface area contributed by atoms with Crippen LogP contribution in [0.4, 0.5) is 13.8 Å². The number of halogens is 2. The van der Waals surface area contributed by atoms with E-state index in [-0.39, 0.29) is 30.3 Å². The first kappa shape index (κ1) is 20.7. The summed E-state index contributed by atoms with van der Waals surface area (Å²) >= 11 is 1.14. The van der Waals surface area contributed by atoms with Crippen molar-refractivity contribution in [1.82, 2.24) is 9.80 Å². The molecule has 0 spiro atoms. The van der Waals surface area contributed by atoms with Crippen molar-refractivity contribution in [1.29, 1.82) is 0 Å². The summed E-state index contributed by atoms with van der Waals surface area (Å²) in [6.07, 6.45) is 1.40. The molecule has 0 aliphatic carbocycles. The topological polar surface area (TPSA) is 82.9 Å². The van der Waals surface area contributed by atoms with Gasteiger partial charge >= 0.3 is 0 Å². The van der Waals surface area contributed by atoms with Crippen LogP contribution in [0.15, 0.2) is 53.1 Å². The number of hydrogen-bond acceptors (Lipinski definition) is 5. The summed E-state index contributed by atoms with van der Waals surface area (Å²) in [6, 6.07) is 9.44. The highest BCUT2D eigenvalue weighted by Crippen LogP contribution is 2.24. The molecule has 1 aromatic carbocycles. The van der Waals surface area contributed by atoms with Gasteiger partial charge in [0.15, 0.2) is 17.4 Å². The molecule has 31 heavy (non-hydrogen) atoms. The smallest absolute Gasteiger partial charge is 0.291 e. The molecule has 1 aliphatic heterocycles. The number of furan rings is 1. The Kier molecular flexibility index (Phi) is 5.81. The third-order valence-corrected chi connectivity index (χ3v) is 5.81. The largest absolute Gasteiger partial charge is 0.459 e. The Morgan fingerprint density at radius 1 is 0.903 bits per heavy atom. The number of carbonyl (C=O) groups excluding carboxylic acids is 3. The maximum atomic E-state index is 13.4. The van der Waals surface area contributed by atoms with Gasteiger partial charge in [0.2, 0.25) is 0 Å². The quantitative estimate of drug-likeness (QED) is 0.667. The van der Waals surface area contributed by atoms with Crippen LogP contribution in [0, 0.1) is 11.6 Å². The van der Waals surface area contributed by atoms with Crippen LogP contribution in [0.3, 0.4) is 0 Å². The molecule has 0 unspecified atom stereocenters. The first-order valence-corrected chi connectivity index (χ1v) is 10.2. The molecule has 7 nitrogen and oxygen atoms in total. The molecule has 0 saturated carbocycles. The second-order valence-corrected chi connectivity index (χ2v) is 7.89. The number of hydrogen-bond donors (Lipinski definition) is 1. The molecule has 1 aliphatic rings. The molecule has 1 saturated heterocycles. The molecule has 2 aromatic heterocycles. The van der Waals surface area contributed by atoms with E-state index in [0.717, 1.165) is 23.5 Å². The number of benzene rings is 1. The first-order valence-electron chi connectivity index (χ1n) is 9.40. The van der Waals surface area contributed by atoms with E-state index in [1.54, 1.807) is 23.1 Å². The van der Waals surface area contributed by atoms with Crippen LogP contribution in [0.1, 0.15) is 30.6 Å². The summed E-state index contributed by atoms with van der Waals surface area (Å²) in [4.78, 5) is 40.9. The van der Waals surface area contributed by atoms with E-state index >= 15 is 0 Å². The summed E-state index contributed by atoms with van der Waals surface area (Å²) in [7, 11) is 0. The number of amides is 3. The molecule has 0 atom stereocenters. The molecular weight excluding hydrogens is 428 g/mol. The summed E-state index contributed by atoms with van der Waals surface area (Å²) in [5, 5.41) is 3.19. The Morgan fingerprint density at radius 2 is 1.61 bits per heavy atom. The average Bonchev–Trinajstić information content (AvgIpc) is 3.47. The predicted octanol–water partition coefficient (Wildman–Crippen LogP) is 3.47. The lowest BCUT2D eigenvalue weighted by Crippen LogP contribution is -2.50. The Morgan fingerprint density at radius 3 is 2.26 bits per heavy atom. The van der Waals surface area contributed by atoms with Crippen LogP contribution in [-0.2, 0) is 0 Å². The van der Waals surface area contributed by atoms with Crippen molar-refractivity contribution < 1.29 is 27.6 Å². The number of anilines is 1. The van der Waals surface area contributed by atoms with Gasteiger partial charge in [0.25, 0.3) is 17.7 Å². The third kappa shape index (κ3) is 4.48. The van der Waals surface area contributed by atoms with E-state index in [1.165, 1.54) is 23.3 Å². The molecule has 3 amide bonds. The van der Waals surface area contributed by atoms with E-state index < -0.39 is 23.4 Å². The van der Waals surface area contributed by atoms with Crippen LogP contribution >= 0.6 is 11.3 Å². The lowest BCUT2D eigenvalue weighted by atomic mass is 10.1. The van der Waals surface area contributed by atoms with Gasteiger partial charge in [0.05, 0.1) is 16.1 Å². The highest BCUT2D eigenvalue weighted by atomic mass is 32.1. The highest BCUT2D eigenvalue weighted by molar-refractivity contribution is 7.18. The number of nitrogens with one attached hydrogen (secondary N) is 1. The van der Waals surface area contributed by atoms with E-state index in [4.69, 9.17) is 4.42 Å². The Bertz CT molecular complexity index is 1120. The lowest BCUT2D eigenvalue weighted by Gasteiger charge is -2.34. The van der Waals surface area contributed by atoms with Crippen molar-refractivity contribution in [2.24, 2.45) is 0 Å². The molecule has 160 valence electrons. The van der Waals surface area contributed by atoms with Crippen molar-refractivity contribution in [2.45, 2.75) is 0 Å². The second kappa shape index (κ2) is 8.68. The van der Waals surface area contributed by atoms with Crippen molar-refractivity contribution in [3.8, 4) is 0 Å². The summed E-state index contributed by atoms with van der Waals surface area (Å²) in [6.45, 7) is 1.16. The molecule has 3 heterocycles. The Hall–Kier alpha value is -3.53. The minimum absolute atomic E-state index is 0.0638. The SMILES string of the molecule is O=C(Nc1ccc(C(=O)N2CCN(C(=O)c3ccc(F)c(F)c3)CC2)s1)c1ccco1. The van der Waals surface area contributed by atoms with Gasteiger partial charge in [-0.15, -0.1) is 11.3 Å². The number of thiophene rings is 1. The van der Waals surface area contributed by atoms with Gasteiger partial charge in [0.1, 0.15) is 0 Å². The fraction of sp³-hybridized carbons (Fsp3) is 0.190. The zero-order chi connectivity index (χ0) is 22.0. The zero-order valence-corrected chi connectivity index (χ0v) is 17.0. The normalized spacial score (nSPS) is 13.9. The van der Waals surface area contributed by atoms with E-state index in [1.807, 2.05) is 0 Å². The van der Waals surface area contributed by atoms with E-state index in [9.17, 15) is 23.2 Å². The summed E-state index contributed by atoms with van der Waals surface area (Å²) in [5.41, 5.74) is 0.0638. The van der Waals surface area contributed by atoms with Crippen LogP contribution in [0.25, 0.3) is 0 Å². The van der Waals surface area contributed by atoms with Crippen LogP contribution < -0.4 is 5.32 Å². The van der Waals surface area contributed by atoms with Crippen molar-refractivity contribution >= 4 is 34.1 Å². The molecular formula is C21H17F2N3O4S. The number of rotatable bonds is 4. The highest BCUT2D eigenvalue weighted by Gasteiger charge is 2.27. The minimum Gasteiger partial charge on any atom is -0.459 e. The van der Waals surface area contributed by atoms with Gasteiger partial charge in [-0.25, -0.2) is 8.78 Å². The molecule has 0 radical (unpaired) electrons. The molecule has 1 N–H and O–H groups in total. The monoisotopic (exact) mass is 445 g/mol. The van der Waals surface area contributed by atoms with Gasteiger partial charge in [0, 0.05) is 31.7 Å². The molecule has 3 aromatic rings. The average molecular weight is 445 g/mol. The number of nitrogens with zero attached hydrogens (tertiary/aromatic N) is 2. The van der Waals surface area contributed by atoms with Gasteiger partial charge in [-0.1, -0.05) is 0 Å². The third-order valence-electron chi connectivity index (χ3n) is 4.82.